The van der Waals surface area contributed by atoms with Crippen LogP contribution in [-0.4, -0.2) is 20.5 Å². The molecule has 0 N–H and O–H groups in total. The van der Waals surface area contributed by atoms with Gasteiger partial charge in [-0.2, -0.15) is 0 Å². The molecule has 0 aromatic heterocycles. The number of ketones is 1. The van der Waals surface area contributed by atoms with E-state index in [1.807, 2.05) is 24.3 Å². The molecule has 0 atom stereocenters. The van der Waals surface area contributed by atoms with Crippen molar-refractivity contribution in [2.75, 3.05) is 6.61 Å². The standard InChI is InChI=1S/C19H26O2Si/c1-22(2,3)19(14-9-5-4-6-10-14)16-13-21-17-12-8-7-11-15(17)18(16)20/h7-8,11-12,14H,4-6,9-10,13H2,1-3H3/b19-16-. The molecule has 1 aliphatic heterocycles. The maximum absolute atomic E-state index is 13.0. The Bertz CT molecular complexity index is 604. The first-order valence-electron chi connectivity index (χ1n) is 8.48. The third kappa shape index (κ3) is 2.91. The van der Waals surface area contributed by atoms with Crippen LogP contribution in [0.25, 0.3) is 0 Å². The van der Waals surface area contributed by atoms with Crippen molar-refractivity contribution in [1.29, 1.82) is 0 Å². The van der Waals surface area contributed by atoms with E-state index in [2.05, 4.69) is 19.6 Å². The molecule has 1 saturated carbocycles. The second-order valence-corrected chi connectivity index (χ2v) is 12.6. The van der Waals surface area contributed by atoms with Crippen LogP contribution in [0.1, 0.15) is 42.5 Å². The molecule has 22 heavy (non-hydrogen) atoms. The Hall–Kier alpha value is -1.35. The molecule has 0 saturated heterocycles. The SMILES string of the molecule is C[Si](C)(C)/C(=C1/COc2ccccc2C1=O)C1CCCCC1. The predicted octanol–water partition coefficient (Wildman–Crippen LogP) is 5.02. The van der Waals surface area contributed by atoms with Crippen LogP contribution in [0.4, 0.5) is 0 Å². The van der Waals surface area contributed by atoms with Crippen LogP contribution in [0.15, 0.2) is 35.0 Å². The van der Waals surface area contributed by atoms with Crippen LogP contribution in [-0.2, 0) is 0 Å². The van der Waals surface area contributed by atoms with Crippen LogP contribution in [0, 0.1) is 5.92 Å². The molecule has 0 spiro atoms. The highest BCUT2D eigenvalue weighted by Gasteiger charge is 2.35. The highest BCUT2D eigenvalue weighted by Crippen LogP contribution is 2.39. The largest absolute Gasteiger partial charge is 0.488 e. The molecule has 1 heterocycles. The van der Waals surface area contributed by atoms with E-state index >= 15 is 0 Å². The Morgan fingerprint density at radius 3 is 2.45 bits per heavy atom. The lowest BCUT2D eigenvalue weighted by Crippen LogP contribution is -2.36. The molecule has 1 aromatic rings. The van der Waals surface area contributed by atoms with Crippen molar-refractivity contribution in [3.63, 3.8) is 0 Å². The lowest BCUT2D eigenvalue weighted by atomic mass is 9.86. The number of carbonyl (C=O) groups excluding carboxylic acids is 1. The summed E-state index contributed by atoms with van der Waals surface area (Å²) in [7, 11) is -1.55. The average molecular weight is 315 g/mol. The number of carbonyl (C=O) groups is 1. The van der Waals surface area contributed by atoms with E-state index in [0.717, 1.165) is 16.9 Å². The van der Waals surface area contributed by atoms with Crippen LogP contribution < -0.4 is 4.74 Å². The van der Waals surface area contributed by atoms with Crippen molar-refractivity contribution in [2.24, 2.45) is 5.92 Å². The summed E-state index contributed by atoms with van der Waals surface area (Å²) in [5.41, 5.74) is 1.72. The normalized spacial score (nSPS) is 22.0. The van der Waals surface area contributed by atoms with Crippen molar-refractivity contribution in [2.45, 2.75) is 51.7 Å². The van der Waals surface area contributed by atoms with Gasteiger partial charge in [0.05, 0.1) is 13.6 Å². The molecule has 3 heteroatoms. The van der Waals surface area contributed by atoms with E-state index in [-0.39, 0.29) is 5.78 Å². The summed E-state index contributed by atoms with van der Waals surface area (Å²) < 4.78 is 5.92. The van der Waals surface area contributed by atoms with Gasteiger partial charge in [0.1, 0.15) is 12.4 Å². The van der Waals surface area contributed by atoms with Gasteiger partial charge in [0.25, 0.3) is 0 Å². The van der Waals surface area contributed by atoms with Gasteiger partial charge < -0.3 is 4.74 Å². The van der Waals surface area contributed by atoms with Crippen molar-refractivity contribution >= 4 is 13.9 Å². The van der Waals surface area contributed by atoms with Crippen molar-refractivity contribution in [3.05, 3.63) is 40.6 Å². The van der Waals surface area contributed by atoms with Gasteiger partial charge in [0.2, 0.25) is 0 Å². The quantitative estimate of drug-likeness (QED) is 0.566. The fourth-order valence-corrected chi connectivity index (χ4v) is 6.67. The molecule has 0 bridgehead atoms. The van der Waals surface area contributed by atoms with Crippen LogP contribution in [0.3, 0.4) is 0 Å². The maximum atomic E-state index is 13.0. The second-order valence-electron chi connectivity index (χ2n) is 7.59. The molecule has 3 rings (SSSR count). The fourth-order valence-electron chi connectivity index (χ4n) is 4.06. The van der Waals surface area contributed by atoms with Gasteiger partial charge in [0, 0.05) is 5.57 Å². The maximum Gasteiger partial charge on any atom is 0.195 e. The number of hydrogen-bond acceptors (Lipinski definition) is 2. The highest BCUT2D eigenvalue weighted by molar-refractivity contribution is 6.83. The van der Waals surface area contributed by atoms with E-state index in [1.165, 1.54) is 37.3 Å². The number of allylic oxidation sites excluding steroid dienone is 1. The molecule has 0 unspecified atom stereocenters. The number of hydrogen-bond donors (Lipinski definition) is 0. The molecule has 1 aromatic carbocycles. The second kappa shape index (κ2) is 6.03. The molecule has 1 aliphatic carbocycles. The van der Waals surface area contributed by atoms with Gasteiger partial charge in [-0.25, -0.2) is 0 Å². The topological polar surface area (TPSA) is 26.3 Å². The number of rotatable bonds is 2. The summed E-state index contributed by atoms with van der Waals surface area (Å²) in [4.78, 5) is 13.0. The zero-order chi connectivity index (χ0) is 15.7. The first kappa shape index (κ1) is 15.5. The van der Waals surface area contributed by atoms with Gasteiger partial charge in [-0.05, 0) is 30.9 Å². The lowest BCUT2D eigenvalue weighted by Gasteiger charge is -2.35. The van der Waals surface area contributed by atoms with E-state index in [1.54, 1.807) is 0 Å². The molecule has 118 valence electrons. The van der Waals surface area contributed by atoms with Crippen molar-refractivity contribution < 1.29 is 9.53 Å². The Morgan fingerprint density at radius 2 is 1.77 bits per heavy atom. The van der Waals surface area contributed by atoms with Crippen LogP contribution in [0.2, 0.25) is 19.6 Å². The molecule has 1 fully saturated rings. The molecule has 0 radical (unpaired) electrons. The zero-order valence-electron chi connectivity index (χ0n) is 13.9. The zero-order valence-corrected chi connectivity index (χ0v) is 14.9. The van der Waals surface area contributed by atoms with Crippen LogP contribution in [0.5, 0.6) is 5.75 Å². The smallest absolute Gasteiger partial charge is 0.195 e. The number of ether oxygens (including phenoxy) is 1. The Balaban J connectivity index is 2.06. The molecule has 2 aliphatic rings. The predicted molar refractivity (Wildman–Crippen MR) is 93.2 cm³/mol. The van der Waals surface area contributed by atoms with Crippen molar-refractivity contribution in [3.8, 4) is 5.75 Å². The van der Waals surface area contributed by atoms with E-state index in [4.69, 9.17) is 4.74 Å². The van der Waals surface area contributed by atoms with Gasteiger partial charge in [-0.15, -0.1) is 0 Å². The minimum absolute atomic E-state index is 0.213. The Morgan fingerprint density at radius 1 is 1.09 bits per heavy atom. The summed E-state index contributed by atoms with van der Waals surface area (Å²) in [5, 5.41) is 1.48. The van der Waals surface area contributed by atoms with Gasteiger partial charge >= 0.3 is 0 Å². The lowest BCUT2D eigenvalue weighted by molar-refractivity contribution is 0.0996. The minimum Gasteiger partial charge on any atom is -0.488 e. The summed E-state index contributed by atoms with van der Waals surface area (Å²) in [6.45, 7) is 7.58. The van der Waals surface area contributed by atoms with E-state index < -0.39 is 8.07 Å². The third-order valence-electron chi connectivity index (χ3n) is 4.92. The highest BCUT2D eigenvalue weighted by atomic mass is 28.3. The van der Waals surface area contributed by atoms with Crippen LogP contribution >= 0.6 is 0 Å². The number of para-hydroxylation sites is 1. The third-order valence-corrected chi connectivity index (χ3v) is 7.25. The van der Waals surface area contributed by atoms with Crippen molar-refractivity contribution in [1.82, 2.24) is 0 Å². The number of fused-ring (bicyclic) bond motifs is 1. The Labute approximate surface area is 134 Å². The van der Waals surface area contributed by atoms with E-state index in [9.17, 15) is 4.79 Å². The number of benzene rings is 1. The first-order chi connectivity index (χ1) is 10.5. The summed E-state index contributed by atoms with van der Waals surface area (Å²) in [6.07, 6.45) is 6.45. The summed E-state index contributed by atoms with van der Waals surface area (Å²) in [5.74, 6) is 1.56. The first-order valence-corrected chi connectivity index (χ1v) is 12.0. The van der Waals surface area contributed by atoms with Gasteiger partial charge in [-0.3, -0.25) is 4.79 Å². The Kier molecular flexibility index (Phi) is 4.26. The fraction of sp³-hybridized carbons (Fsp3) is 0.526. The minimum atomic E-state index is -1.55. The average Bonchev–Trinajstić information content (AvgIpc) is 2.50. The van der Waals surface area contributed by atoms with Gasteiger partial charge in [-0.1, -0.05) is 56.2 Å². The molecule has 2 nitrogen and oxygen atoms in total. The monoisotopic (exact) mass is 314 g/mol. The number of Topliss-reactive ketones (excluding diaryl/α,β-unsaturated/α-hetero) is 1. The van der Waals surface area contributed by atoms with Gasteiger partial charge in [0.15, 0.2) is 5.78 Å². The molecule has 0 amide bonds. The molecular weight excluding hydrogens is 288 g/mol. The molecular formula is C19H26O2Si. The summed E-state index contributed by atoms with van der Waals surface area (Å²) >= 11 is 0. The summed E-state index contributed by atoms with van der Waals surface area (Å²) in [6, 6.07) is 7.66. The van der Waals surface area contributed by atoms with E-state index in [0.29, 0.717) is 12.5 Å².